The Hall–Kier alpha value is -1.42. The van der Waals surface area contributed by atoms with Gasteiger partial charge in [-0.1, -0.05) is 20.8 Å². The third kappa shape index (κ3) is 3.26. The predicted octanol–water partition coefficient (Wildman–Crippen LogP) is 3.47. The maximum absolute atomic E-state index is 13.4. The van der Waals surface area contributed by atoms with Gasteiger partial charge >= 0.3 is 0 Å². The van der Waals surface area contributed by atoms with E-state index in [1.165, 1.54) is 12.1 Å². The number of hydrogen-bond acceptors (Lipinski definition) is 2. The van der Waals surface area contributed by atoms with Crippen molar-refractivity contribution in [2.45, 2.75) is 46.6 Å². The van der Waals surface area contributed by atoms with Gasteiger partial charge in [-0.2, -0.15) is 0 Å². The number of amides is 1. The predicted molar refractivity (Wildman–Crippen MR) is 83.4 cm³/mol. The van der Waals surface area contributed by atoms with E-state index in [4.69, 9.17) is 5.73 Å². The molecule has 1 aromatic rings. The number of nitrogens with one attached hydrogen (secondary N) is 1. The fourth-order valence-electron chi connectivity index (χ4n) is 3.36. The van der Waals surface area contributed by atoms with Crippen molar-refractivity contribution < 1.29 is 9.18 Å². The largest absolute Gasteiger partial charge is 0.327 e. The van der Waals surface area contributed by atoms with Crippen LogP contribution < -0.4 is 11.1 Å². The van der Waals surface area contributed by atoms with E-state index in [9.17, 15) is 9.18 Å². The second-order valence-electron chi connectivity index (χ2n) is 6.91. The van der Waals surface area contributed by atoms with Crippen LogP contribution in [0.3, 0.4) is 0 Å². The molecular formula is C17H25FN2O. The number of carbonyl (C=O) groups excluding carboxylic acids is 1. The number of hydrogen-bond donors (Lipinski definition) is 2. The minimum absolute atomic E-state index is 0.0382. The average molecular weight is 292 g/mol. The van der Waals surface area contributed by atoms with E-state index in [0.717, 1.165) is 18.4 Å². The third-order valence-corrected chi connectivity index (χ3v) is 5.13. The fraction of sp³-hybridized carbons (Fsp3) is 0.588. The van der Waals surface area contributed by atoms with Crippen LogP contribution in [-0.2, 0) is 4.79 Å². The van der Waals surface area contributed by atoms with Gasteiger partial charge in [-0.15, -0.1) is 0 Å². The molecule has 0 saturated heterocycles. The molecular weight excluding hydrogens is 267 g/mol. The minimum Gasteiger partial charge on any atom is -0.327 e. The molecule has 0 radical (unpaired) electrons. The van der Waals surface area contributed by atoms with Crippen molar-refractivity contribution in [3.05, 3.63) is 29.6 Å². The molecule has 4 heteroatoms. The van der Waals surface area contributed by atoms with Crippen LogP contribution >= 0.6 is 0 Å². The van der Waals surface area contributed by atoms with Gasteiger partial charge in [0.15, 0.2) is 0 Å². The number of benzene rings is 1. The molecule has 3 nitrogen and oxygen atoms in total. The molecule has 0 aliphatic heterocycles. The van der Waals surface area contributed by atoms with E-state index in [-0.39, 0.29) is 35.0 Å². The Morgan fingerprint density at radius 2 is 2.00 bits per heavy atom. The lowest BCUT2D eigenvalue weighted by Crippen LogP contribution is -2.50. The van der Waals surface area contributed by atoms with Gasteiger partial charge in [0.1, 0.15) is 5.82 Å². The van der Waals surface area contributed by atoms with Crippen LogP contribution in [-0.4, -0.2) is 11.9 Å². The maximum atomic E-state index is 13.4. The molecule has 116 valence electrons. The topological polar surface area (TPSA) is 55.1 Å². The Balaban J connectivity index is 2.16. The first-order chi connectivity index (χ1) is 9.71. The Kier molecular flexibility index (Phi) is 4.38. The van der Waals surface area contributed by atoms with Crippen molar-refractivity contribution in [3.8, 4) is 0 Å². The molecule has 0 bridgehead atoms. The molecule has 2 rings (SSSR count). The van der Waals surface area contributed by atoms with Crippen LogP contribution in [0, 0.1) is 30.0 Å². The Morgan fingerprint density at radius 1 is 1.33 bits per heavy atom. The monoisotopic (exact) mass is 292 g/mol. The zero-order chi connectivity index (χ0) is 15.8. The van der Waals surface area contributed by atoms with Gasteiger partial charge in [-0.3, -0.25) is 4.79 Å². The summed E-state index contributed by atoms with van der Waals surface area (Å²) in [5.74, 6) is -0.195. The Labute approximate surface area is 126 Å². The summed E-state index contributed by atoms with van der Waals surface area (Å²) in [5.41, 5.74) is 7.28. The van der Waals surface area contributed by atoms with Gasteiger partial charge in [-0.25, -0.2) is 4.39 Å². The van der Waals surface area contributed by atoms with Crippen molar-refractivity contribution in [2.75, 3.05) is 5.32 Å². The van der Waals surface area contributed by atoms with Crippen molar-refractivity contribution >= 4 is 11.6 Å². The zero-order valence-corrected chi connectivity index (χ0v) is 13.2. The number of carbonyl (C=O) groups is 1. The molecule has 1 amide bonds. The molecule has 3 N–H and O–H groups in total. The highest BCUT2D eigenvalue weighted by Crippen LogP contribution is 2.44. The summed E-state index contributed by atoms with van der Waals surface area (Å²) < 4.78 is 13.4. The molecule has 21 heavy (non-hydrogen) atoms. The SMILES string of the molecule is Cc1cc(F)cc(NC(=O)C2CCC(N)C(C)C2(C)C)c1. The minimum atomic E-state index is -0.330. The summed E-state index contributed by atoms with van der Waals surface area (Å²) in [5, 5.41) is 2.86. The van der Waals surface area contributed by atoms with Crippen LogP contribution in [0.5, 0.6) is 0 Å². The van der Waals surface area contributed by atoms with Crippen LogP contribution in [0.4, 0.5) is 10.1 Å². The van der Waals surface area contributed by atoms with E-state index in [2.05, 4.69) is 26.1 Å². The van der Waals surface area contributed by atoms with E-state index in [0.29, 0.717) is 5.69 Å². The van der Waals surface area contributed by atoms with Gasteiger partial charge < -0.3 is 11.1 Å². The highest BCUT2D eigenvalue weighted by atomic mass is 19.1. The van der Waals surface area contributed by atoms with Gasteiger partial charge in [0.25, 0.3) is 0 Å². The van der Waals surface area contributed by atoms with E-state index in [1.54, 1.807) is 6.07 Å². The van der Waals surface area contributed by atoms with Gasteiger partial charge in [0.2, 0.25) is 5.91 Å². The average Bonchev–Trinajstić information content (AvgIpc) is 2.34. The van der Waals surface area contributed by atoms with Crippen molar-refractivity contribution in [3.63, 3.8) is 0 Å². The van der Waals surface area contributed by atoms with Crippen LogP contribution in [0.1, 0.15) is 39.2 Å². The Morgan fingerprint density at radius 3 is 2.62 bits per heavy atom. The highest BCUT2D eigenvalue weighted by Gasteiger charge is 2.44. The summed E-state index contributed by atoms with van der Waals surface area (Å²) in [6.45, 7) is 8.11. The summed E-state index contributed by atoms with van der Waals surface area (Å²) in [6.07, 6.45) is 1.63. The lowest BCUT2D eigenvalue weighted by molar-refractivity contribution is -0.127. The smallest absolute Gasteiger partial charge is 0.228 e. The molecule has 0 heterocycles. The third-order valence-electron chi connectivity index (χ3n) is 5.13. The summed E-state index contributed by atoms with van der Waals surface area (Å²) >= 11 is 0. The second-order valence-corrected chi connectivity index (χ2v) is 6.91. The lowest BCUT2D eigenvalue weighted by Gasteiger charge is -2.46. The molecule has 3 unspecified atom stereocenters. The van der Waals surface area contributed by atoms with Gasteiger partial charge in [-0.05, 0) is 54.9 Å². The standard InChI is InChI=1S/C17H25FN2O/c1-10-7-12(18)9-13(8-10)20-16(21)14-5-6-15(19)11(2)17(14,3)4/h7-9,11,14-15H,5-6,19H2,1-4H3,(H,20,21). The molecule has 0 spiro atoms. The summed E-state index contributed by atoms with van der Waals surface area (Å²) in [6, 6.07) is 4.73. The van der Waals surface area contributed by atoms with E-state index >= 15 is 0 Å². The summed E-state index contributed by atoms with van der Waals surface area (Å²) in [7, 11) is 0. The van der Waals surface area contributed by atoms with Crippen molar-refractivity contribution in [1.29, 1.82) is 0 Å². The lowest BCUT2D eigenvalue weighted by atomic mass is 9.61. The van der Waals surface area contributed by atoms with Crippen LogP contribution in [0.25, 0.3) is 0 Å². The van der Waals surface area contributed by atoms with Gasteiger partial charge in [0, 0.05) is 17.6 Å². The number of nitrogens with two attached hydrogens (primary N) is 1. The van der Waals surface area contributed by atoms with Gasteiger partial charge in [0.05, 0.1) is 0 Å². The zero-order valence-electron chi connectivity index (χ0n) is 13.2. The Bertz CT molecular complexity index is 521. The molecule has 1 aliphatic carbocycles. The van der Waals surface area contributed by atoms with Crippen LogP contribution in [0.2, 0.25) is 0 Å². The number of aryl methyl sites for hydroxylation is 1. The van der Waals surface area contributed by atoms with Crippen molar-refractivity contribution in [1.82, 2.24) is 0 Å². The van der Waals surface area contributed by atoms with Crippen LogP contribution in [0.15, 0.2) is 18.2 Å². The number of anilines is 1. The first-order valence-corrected chi connectivity index (χ1v) is 7.55. The number of halogens is 1. The first-order valence-electron chi connectivity index (χ1n) is 7.55. The maximum Gasteiger partial charge on any atom is 0.228 e. The first kappa shape index (κ1) is 16.0. The molecule has 0 aromatic heterocycles. The molecule has 3 atom stereocenters. The normalized spacial score (nSPS) is 28.2. The molecule has 1 aliphatic rings. The second kappa shape index (κ2) is 5.76. The molecule has 1 aromatic carbocycles. The quantitative estimate of drug-likeness (QED) is 0.877. The molecule has 1 saturated carbocycles. The summed E-state index contributed by atoms with van der Waals surface area (Å²) in [4.78, 5) is 12.6. The van der Waals surface area contributed by atoms with E-state index < -0.39 is 0 Å². The molecule has 1 fully saturated rings. The van der Waals surface area contributed by atoms with Crippen molar-refractivity contribution in [2.24, 2.45) is 23.0 Å². The highest BCUT2D eigenvalue weighted by molar-refractivity contribution is 5.93. The fourth-order valence-corrected chi connectivity index (χ4v) is 3.36. The van der Waals surface area contributed by atoms with E-state index in [1.807, 2.05) is 6.92 Å². The number of rotatable bonds is 2.